The lowest BCUT2D eigenvalue weighted by Crippen LogP contribution is -2.26. The van der Waals surface area contributed by atoms with Gasteiger partial charge in [0.2, 0.25) is 11.7 Å². The standard InChI is InChI=1S/C12H13BrN4O/c13-9-5-8(6-14-7-9)11-16-12(18-17-11)10-3-1-2-4-15-10/h5-7,10,15H,1-4H2/t10-/m0/s1. The molecule has 0 spiro atoms. The van der Waals surface area contributed by atoms with Gasteiger partial charge in [-0.15, -0.1) is 0 Å². The fourth-order valence-corrected chi connectivity index (χ4v) is 2.46. The quantitative estimate of drug-likeness (QED) is 0.924. The van der Waals surface area contributed by atoms with Gasteiger partial charge in [0.1, 0.15) is 0 Å². The summed E-state index contributed by atoms with van der Waals surface area (Å²) in [5.74, 6) is 1.26. The Morgan fingerprint density at radius 3 is 3.06 bits per heavy atom. The van der Waals surface area contributed by atoms with Gasteiger partial charge < -0.3 is 9.84 Å². The van der Waals surface area contributed by atoms with Crippen molar-refractivity contribution in [1.29, 1.82) is 0 Å². The van der Waals surface area contributed by atoms with E-state index >= 15 is 0 Å². The van der Waals surface area contributed by atoms with Gasteiger partial charge in [-0.3, -0.25) is 4.98 Å². The van der Waals surface area contributed by atoms with E-state index in [-0.39, 0.29) is 6.04 Å². The zero-order valence-corrected chi connectivity index (χ0v) is 11.4. The molecule has 1 aliphatic rings. The maximum Gasteiger partial charge on any atom is 0.244 e. The van der Waals surface area contributed by atoms with Gasteiger partial charge in [-0.05, 0) is 41.4 Å². The van der Waals surface area contributed by atoms with E-state index in [2.05, 4.69) is 36.4 Å². The molecule has 0 radical (unpaired) electrons. The first-order valence-corrected chi connectivity index (χ1v) is 6.80. The van der Waals surface area contributed by atoms with Crippen LogP contribution < -0.4 is 5.32 Å². The first kappa shape index (κ1) is 11.8. The molecule has 1 aliphatic heterocycles. The Balaban J connectivity index is 1.84. The maximum absolute atomic E-state index is 5.33. The number of nitrogens with one attached hydrogen (secondary N) is 1. The van der Waals surface area contributed by atoms with Crippen molar-refractivity contribution in [2.24, 2.45) is 0 Å². The molecule has 0 aliphatic carbocycles. The van der Waals surface area contributed by atoms with Crippen molar-refractivity contribution in [2.45, 2.75) is 25.3 Å². The van der Waals surface area contributed by atoms with Crippen molar-refractivity contribution in [2.75, 3.05) is 6.54 Å². The fraction of sp³-hybridized carbons (Fsp3) is 0.417. The zero-order chi connectivity index (χ0) is 12.4. The zero-order valence-electron chi connectivity index (χ0n) is 9.77. The second-order valence-corrected chi connectivity index (χ2v) is 5.27. The van der Waals surface area contributed by atoms with Gasteiger partial charge in [-0.1, -0.05) is 11.6 Å². The number of pyridine rings is 1. The molecule has 0 unspecified atom stereocenters. The molecule has 3 rings (SSSR count). The molecule has 6 heteroatoms. The van der Waals surface area contributed by atoms with Crippen molar-refractivity contribution >= 4 is 15.9 Å². The molecule has 2 aromatic heterocycles. The lowest BCUT2D eigenvalue weighted by atomic mass is 10.1. The Hall–Kier alpha value is -1.27. The van der Waals surface area contributed by atoms with E-state index in [9.17, 15) is 0 Å². The molecule has 0 aromatic carbocycles. The molecule has 0 bridgehead atoms. The second kappa shape index (κ2) is 5.16. The van der Waals surface area contributed by atoms with Crippen LogP contribution in [0.25, 0.3) is 11.4 Å². The van der Waals surface area contributed by atoms with Crippen LogP contribution in [-0.2, 0) is 0 Å². The number of aromatic nitrogens is 3. The molecule has 1 saturated heterocycles. The summed E-state index contributed by atoms with van der Waals surface area (Å²) in [6.07, 6.45) is 6.93. The monoisotopic (exact) mass is 308 g/mol. The van der Waals surface area contributed by atoms with Gasteiger partial charge >= 0.3 is 0 Å². The SMILES string of the molecule is Brc1cncc(-c2noc([C@@H]3CCCCN3)n2)c1. The first-order chi connectivity index (χ1) is 8.83. The molecular formula is C12H13BrN4O. The van der Waals surface area contributed by atoms with Crippen molar-refractivity contribution in [3.63, 3.8) is 0 Å². The summed E-state index contributed by atoms with van der Waals surface area (Å²) in [5.41, 5.74) is 0.857. The number of halogens is 1. The highest BCUT2D eigenvalue weighted by Crippen LogP contribution is 2.24. The molecule has 2 aromatic rings. The van der Waals surface area contributed by atoms with Crippen molar-refractivity contribution in [3.8, 4) is 11.4 Å². The highest BCUT2D eigenvalue weighted by molar-refractivity contribution is 9.10. The maximum atomic E-state index is 5.33. The fourth-order valence-electron chi connectivity index (χ4n) is 2.09. The third-order valence-electron chi connectivity index (χ3n) is 3.01. The highest BCUT2D eigenvalue weighted by atomic mass is 79.9. The Kier molecular flexibility index (Phi) is 3.38. The van der Waals surface area contributed by atoms with Gasteiger partial charge in [0.05, 0.1) is 6.04 Å². The topological polar surface area (TPSA) is 63.8 Å². The van der Waals surface area contributed by atoms with Crippen molar-refractivity contribution in [3.05, 3.63) is 28.8 Å². The Morgan fingerprint density at radius 1 is 1.33 bits per heavy atom. The minimum atomic E-state index is 0.195. The first-order valence-electron chi connectivity index (χ1n) is 6.01. The summed E-state index contributed by atoms with van der Waals surface area (Å²) < 4.78 is 6.24. The summed E-state index contributed by atoms with van der Waals surface area (Å²) >= 11 is 3.38. The lowest BCUT2D eigenvalue weighted by molar-refractivity contribution is 0.297. The molecule has 3 heterocycles. The van der Waals surface area contributed by atoms with E-state index in [0.717, 1.165) is 23.0 Å². The second-order valence-electron chi connectivity index (χ2n) is 4.35. The average molecular weight is 309 g/mol. The van der Waals surface area contributed by atoms with Gasteiger partial charge in [0, 0.05) is 22.4 Å². The van der Waals surface area contributed by atoms with Crippen LogP contribution in [0.3, 0.4) is 0 Å². The van der Waals surface area contributed by atoms with Crippen molar-refractivity contribution < 1.29 is 4.52 Å². The van der Waals surface area contributed by atoms with Crippen LogP contribution in [0, 0.1) is 0 Å². The largest absolute Gasteiger partial charge is 0.337 e. The minimum absolute atomic E-state index is 0.195. The third-order valence-corrected chi connectivity index (χ3v) is 3.45. The number of piperidine rings is 1. The molecule has 1 N–H and O–H groups in total. The van der Waals surface area contributed by atoms with Crippen LogP contribution in [0.4, 0.5) is 0 Å². The Labute approximate surface area is 113 Å². The van der Waals surface area contributed by atoms with E-state index in [4.69, 9.17) is 4.52 Å². The van der Waals surface area contributed by atoms with Gasteiger partial charge in [0.25, 0.3) is 0 Å². The highest BCUT2D eigenvalue weighted by Gasteiger charge is 2.21. The number of hydrogen-bond donors (Lipinski definition) is 1. The summed E-state index contributed by atoms with van der Waals surface area (Å²) in [4.78, 5) is 8.54. The molecule has 0 amide bonds. The Bertz CT molecular complexity index is 536. The summed E-state index contributed by atoms with van der Waals surface area (Å²) in [6.45, 7) is 1.01. The van der Waals surface area contributed by atoms with Crippen molar-refractivity contribution in [1.82, 2.24) is 20.4 Å². The summed E-state index contributed by atoms with van der Waals surface area (Å²) in [7, 11) is 0. The van der Waals surface area contributed by atoms with Crippen LogP contribution in [0.2, 0.25) is 0 Å². The predicted octanol–water partition coefficient (Wildman–Crippen LogP) is 2.71. The lowest BCUT2D eigenvalue weighted by Gasteiger charge is -2.19. The van der Waals surface area contributed by atoms with E-state index < -0.39 is 0 Å². The van der Waals surface area contributed by atoms with Crippen LogP contribution in [-0.4, -0.2) is 21.7 Å². The molecule has 18 heavy (non-hydrogen) atoms. The van der Waals surface area contributed by atoms with Crippen LogP contribution in [0.15, 0.2) is 27.5 Å². The number of hydrogen-bond acceptors (Lipinski definition) is 5. The molecule has 1 fully saturated rings. The van der Waals surface area contributed by atoms with E-state index in [1.54, 1.807) is 12.4 Å². The number of nitrogens with zero attached hydrogens (tertiary/aromatic N) is 3. The normalized spacial score (nSPS) is 19.9. The number of rotatable bonds is 2. The van der Waals surface area contributed by atoms with Crippen LogP contribution in [0.1, 0.15) is 31.2 Å². The Morgan fingerprint density at radius 2 is 2.28 bits per heavy atom. The smallest absolute Gasteiger partial charge is 0.244 e. The van der Waals surface area contributed by atoms with Gasteiger partial charge in [-0.2, -0.15) is 4.98 Å². The molecule has 5 nitrogen and oxygen atoms in total. The van der Waals surface area contributed by atoms with Gasteiger partial charge in [0.15, 0.2) is 0 Å². The minimum Gasteiger partial charge on any atom is -0.337 e. The van der Waals surface area contributed by atoms with Crippen LogP contribution in [0.5, 0.6) is 0 Å². The van der Waals surface area contributed by atoms with Crippen LogP contribution >= 0.6 is 15.9 Å². The third kappa shape index (κ3) is 2.44. The summed E-state index contributed by atoms with van der Waals surface area (Å²) in [5, 5.41) is 7.41. The summed E-state index contributed by atoms with van der Waals surface area (Å²) in [6, 6.07) is 2.12. The molecule has 0 saturated carbocycles. The van der Waals surface area contributed by atoms with E-state index in [1.807, 2.05) is 6.07 Å². The van der Waals surface area contributed by atoms with E-state index in [1.165, 1.54) is 12.8 Å². The van der Waals surface area contributed by atoms with Gasteiger partial charge in [-0.25, -0.2) is 0 Å². The molecular weight excluding hydrogens is 296 g/mol. The average Bonchev–Trinajstić information content (AvgIpc) is 2.89. The predicted molar refractivity (Wildman–Crippen MR) is 69.8 cm³/mol. The molecule has 1 atom stereocenters. The molecule has 94 valence electrons. The van der Waals surface area contributed by atoms with E-state index in [0.29, 0.717) is 11.7 Å².